The third kappa shape index (κ3) is 4.86. The van der Waals surface area contributed by atoms with Crippen molar-refractivity contribution in [2.45, 2.75) is 27.4 Å². The number of ether oxygens (including phenoxy) is 1. The molecule has 0 N–H and O–H groups in total. The third-order valence-electron chi connectivity index (χ3n) is 4.59. The Bertz CT molecular complexity index is 1080. The molecule has 3 rings (SSSR count). The normalized spacial score (nSPS) is 10.6. The van der Waals surface area contributed by atoms with Crippen LogP contribution < -0.4 is 9.80 Å². The fourth-order valence-corrected chi connectivity index (χ4v) is 3.93. The molecule has 0 aliphatic heterocycles. The highest BCUT2D eigenvalue weighted by Crippen LogP contribution is 2.32. The molecule has 1 heterocycles. The first-order valence-electron chi connectivity index (χ1n) is 9.53. The number of carbonyl (C=O) groups is 2. The second-order valence-corrected chi connectivity index (χ2v) is 8.12. The number of rotatable bonds is 6. The van der Waals surface area contributed by atoms with E-state index in [4.69, 9.17) is 4.74 Å². The molecule has 0 aliphatic carbocycles. The second kappa shape index (κ2) is 9.09. The molecule has 30 heavy (non-hydrogen) atoms. The number of aromatic nitrogens is 1. The van der Waals surface area contributed by atoms with Crippen molar-refractivity contribution in [3.05, 3.63) is 70.2 Å². The number of esters is 1. The molecule has 2 aromatic carbocycles. The Morgan fingerprint density at radius 2 is 1.87 bits per heavy atom. The summed E-state index contributed by atoms with van der Waals surface area (Å²) in [7, 11) is 3.83. The van der Waals surface area contributed by atoms with Crippen LogP contribution in [0.2, 0.25) is 0 Å². The molecule has 7 heteroatoms. The largest absolute Gasteiger partial charge is 0.456 e. The van der Waals surface area contributed by atoms with Crippen molar-refractivity contribution < 1.29 is 14.3 Å². The molecule has 0 fully saturated rings. The summed E-state index contributed by atoms with van der Waals surface area (Å²) >= 11 is 1.34. The Labute approximate surface area is 180 Å². The summed E-state index contributed by atoms with van der Waals surface area (Å²) in [5.41, 5.74) is 4.93. The van der Waals surface area contributed by atoms with Crippen molar-refractivity contribution in [1.29, 1.82) is 0 Å². The fraction of sp³-hybridized carbons (Fsp3) is 0.261. The van der Waals surface area contributed by atoms with Gasteiger partial charge in [0.15, 0.2) is 5.13 Å². The van der Waals surface area contributed by atoms with Crippen LogP contribution in [0.4, 0.5) is 16.5 Å². The average Bonchev–Trinajstić information content (AvgIpc) is 3.16. The van der Waals surface area contributed by atoms with Gasteiger partial charge in [-0.25, -0.2) is 9.78 Å². The lowest BCUT2D eigenvalue weighted by Gasteiger charge is -2.20. The van der Waals surface area contributed by atoms with Crippen LogP contribution in [-0.2, 0) is 16.1 Å². The van der Waals surface area contributed by atoms with Crippen LogP contribution in [0.3, 0.4) is 0 Å². The van der Waals surface area contributed by atoms with Crippen molar-refractivity contribution >= 4 is 39.7 Å². The molecule has 6 nitrogen and oxygen atoms in total. The van der Waals surface area contributed by atoms with Gasteiger partial charge in [-0.3, -0.25) is 9.69 Å². The molecule has 0 unspecified atom stereocenters. The van der Waals surface area contributed by atoms with Gasteiger partial charge in [0.25, 0.3) is 0 Å². The Balaban J connectivity index is 1.74. The number of hydrogen-bond acceptors (Lipinski definition) is 6. The summed E-state index contributed by atoms with van der Waals surface area (Å²) in [6.45, 7) is 5.54. The van der Waals surface area contributed by atoms with E-state index in [1.54, 1.807) is 22.4 Å². The molecule has 1 aromatic heterocycles. The van der Waals surface area contributed by atoms with Gasteiger partial charge in [-0.2, -0.15) is 0 Å². The van der Waals surface area contributed by atoms with Gasteiger partial charge in [-0.15, -0.1) is 11.3 Å². The minimum absolute atomic E-state index is 0.0418. The molecule has 0 radical (unpaired) electrons. The molecular weight excluding hydrogens is 398 g/mol. The van der Waals surface area contributed by atoms with E-state index in [0.29, 0.717) is 16.4 Å². The standard InChI is InChI=1S/C23H25N3O3S/c1-15-9-10-21(16(2)11-15)26(17(3)27)23-24-19(14-30-23)13-29-22(28)18-7-6-8-20(12-18)25(4)5/h6-12,14H,13H2,1-5H3. The summed E-state index contributed by atoms with van der Waals surface area (Å²) in [6.07, 6.45) is 0. The number of carbonyl (C=O) groups excluding carboxylic acids is 2. The molecule has 156 valence electrons. The summed E-state index contributed by atoms with van der Waals surface area (Å²) in [4.78, 5) is 32.8. The van der Waals surface area contributed by atoms with Crippen LogP contribution in [-0.4, -0.2) is 31.0 Å². The van der Waals surface area contributed by atoms with E-state index in [1.165, 1.54) is 18.3 Å². The first-order chi connectivity index (χ1) is 14.3. The summed E-state index contributed by atoms with van der Waals surface area (Å²) in [5, 5.41) is 2.35. The predicted molar refractivity (Wildman–Crippen MR) is 121 cm³/mol. The number of anilines is 3. The van der Waals surface area contributed by atoms with Crippen molar-refractivity contribution in [3.8, 4) is 0 Å². The molecule has 0 saturated carbocycles. The van der Waals surface area contributed by atoms with Crippen LogP contribution in [0, 0.1) is 13.8 Å². The Hall–Kier alpha value is -3.19. The highest BCUT2D eigenvalue weighted by molar-refractivity contribution is 7.14. The van der Waals surface area contributed by atoms with Gasteiger partial charge in [-0.1, -0.05) is 23.8 Å². The fourth-order valence-electron chi connectivity index (χ4n) is 3.06. The monoisotopic (exact) mass is 423 g/mol. The summed E-state index contributed by atoms with van der Waals surface area (Å²) < 4.78 is 5.43. The summed E-state index contributed by atoms with van der Waals surface area (Å²) in [5.74, 6) is -0.536. The molecule has 3 aromatic rings. The van der Waals surface area contributed by atoms with Crippen molar-refractivity contribution in [3.63, 3.8) is 0 Å². The molecule has 0 saturated heterocycles. The lowest BCUT2D eigenvalue weighted by molar-refractivity contribution is -0.115. The smallest absolute Gasteiger partial charge is 0.338 e. The Morgan fingerprint density at radius 3 is 2.53 bits per heavy atom. The minimum Gasteiger partial charge on any atom is -0.456 e. The molecule has 0 spiro atoms. The van der Waals surface area contributed by atoms with Gasteiger partial charge >= 0.3 is 5.97 Å². The van der Waals surface area contributed by atoms with E-state index in [9.17, 15) is 9.59 Å². The maximum atomic E-state index is 12.4. The topological polar surface area (TPSA) is 62.7 Å². The average molecular weight is 424 g/mol. The van der Waals surface area contributed by atoms with Gasteiger partial charge in [-0.05, 0) is 43.7 Å². The summed E-state index contributed by atoms with van der Waals surface area (Å²) in [6, 6.07) is 13.2. The van der Waals surface area contributed by atoms with E-state index in [-0.39, 0.29) is 12.5 Å². The first-order valence-corrected chi connectivity index (χ1v) is 10.4. The van der Waals surface area contributed by atoms with Gasteiger partial charge in [0.2, 0.25) is 5.91 Å². The zero-order valence-electron chi connectivity index (χ0n) is 17.8. The third-order valence-corrected chi connectivity index (χ3v) is 5.46. The number of aryl methyl sites for hydroxylation is 2. The van der Waals surface area contributed by atoms with E-state index >= 15 is 0 Å². The van der Waals surface area contributed by atoms with Gasteiger partial charge in [0.1, 0.15) is 6.61 Å². The zero-order valence-corrected chi connectivity index (χ0v) is 18.6. The number of hydrogen-bond donors (Lipinski definition) is 0. The van der Waals surface area contributed by atoms with Gasteiger partial charge in [0, 0.05) is 32.1 Å². The maximum Gasteiger partial charge on any atom is 0.338 e. The minimum atomic E-state index is -0.411. The van der Waals surface area contributed by atoms with Gasteiger partial charge in [0.05, 0.1) is 16.9 Å². The van der Waals surface area contributed by atoms with E-state index in [2.05, 4.69) is 4.98 Å². The number of benzene rings is 2. The SMILES string of the molecule is CC(=O)N(c1nc(COC(=O)c2cccc(N(C)C)c2)cs1)c1ccc(C)cc1C. The van der Waals surface area contributed by atoms with Crippen molar-refractivity contribution in [2.75, 3.05) is 23.9 Å². The van der Waals surface area contributed by atoms with E-state index in [1.807, 2.05) is 63.2 Å². The molecule has 0 aliphatic rings. The quantitative estimate of drug-likeness (QED) is 0.530. The molecule has 0 bridgehead atoms. The van der Waals surface area contributed by atoms with Gasteiger partial charge < -0.3 is 9.64 Å². The van der Waals surface area contributed by atoms with E-state index < -0.39 is 5.97 Å². The predicted octanol–water partition coefficient (Wildman–Crippen LogP) is 4.87. The Morgan fingerprint density at radius 1 is 1.10 bits per heavy atom. The van der Waals surface area contributed by atoms with E-state index in [0.717, 1.165) is 22.5 Å². The maximum absolute atomic E-state index is 12.4. The highest BCUT2D eigenvalue weighted by atomic mass is 32.1. The molecule has 0 atom stereocenters. The lowest BCUT2D eigenvalue weighted by atomic mass is 10.1. The van der Waals surface area contributed by atoms with Crippen molar-refractivity contribution in [2.24, 2.45) is 0 Å². The number of nitrogens with zero attached hydrogens (tertiary/aromatic N) is 3. The highest BCUT2D eigenvalue weighted by Gasteiger charge is 2.20. The number of amides is 1. The molecule has 1 amide bonds. The lowest BCUT2D eigenvalue weighted by Crippen LogP contribution is -2.23. The second-order valence-electron chi connectivity index (χ2n) is 7.29. The van der Waals surface area contributed by atoms with Crippen LogP contribution in [0.1, 0.15) is 34.1 Å². The van der Waals surface area contributed by atoms with Crippen LogP contribution >= 0.6 is 11.3 Å². The Kier molecular flexibility index (Phi) is 6.52. The first kappa shape index (κ1) is 21.5. The zero-order chi connectivity index (χ0) is 21.8. The van der Waals surface area contributed by atoms with Crippen molar-refractivity contribution in [1.82, 2.24) is 4.98 Å². The van der Waals surface area contributed by atoms with Crippen LogP contribution in [0.15, 0.2) is 47.8 Å². The molecular formula is C23H25N3O3S. The van der Waals surface area contributed by atoms with Crippen LogP contribution in [0.25, 0.3) is 0 Å². The van der Waals surface area contributed by atoms with Crippen LogP contribution in [0.5, 0.6) is 0 Å². The number of thiazole rings is 1.